The van der Waals surface area contributed by atoms with Crippen LogP contribution in [0.3, 0.4) is 0 Å². The van der Waals surface area contributed by atoms with Crippen molar-refractivity contribution in [1.29, 1.82) is 0 Å². The topological polar surface area (TPSA) is 142 Å². The maximum Gasteiger partial charge on any atom is 0.324 e. The first-order chi connectivity index (χ1) is 18.0. The Kier molecular flexibility index (Phi) is 13.1. The first kappa shape index (κ1) is 34.1. The van der Waals surface area contributed by atoms with Crippen molar-refractivity contribution in [2.75, 3.05) is 0 Å². The quantitative estimate of drug-likeness (QED) is 0.224. The van der Waals surface area contributed by atoms with E-state index in [1.807, 2.05) is 41.5 Å². The van der Waals surface area contributed by atoms with E-state index in [0.717, 1.165) is 0 Å². The molecular formula is C30H47NO8. The van der Waals surface area contributed by atoms with Crippen LogP contribution in [0.5, 0.6) is 11.5 Å². The smallest absolute Gasteiger partial charge is 0.324 e. The summed E-state index contributed by atoms with van der Waals surface area (Å²) in [6, 6.07) is 4.52. The average Bonchev–Trinajstić information content (AvgIpc) is 2.82. The summed E-state index contributed by atoms with van der Waals surface area (Å²) in [4.78, 5) is 49.7. The van der Waals surface area contributed by atoms with E-state index in [1.165, 1.54) is 12.1 Å². The average molecular weight is 550 g/mol. The van der Waals surface area contributed by atoms with Crippen LogP contribution in [0.25, 0.3) is 0 Å². The summed E-state index contributed by atoms with van der Waals surface area (Å²) < 4.78 is 16.6. The maximum atomic E-state index is 12.8. The minimum atomic E-state index is -1.77. The normalized spacial score (nSPS) is 15.4. The van der Waals surface area contributed by atoms with Crippen molar-refractivity contribution >= 4 is 23.9 Å². The molecule has 0 radical (unpaired) electrons. The molecular weight excluding hydrogens is 502 g/mol. The van der Waals surface area contributed by atoms with E-state index in [1.54, 1.807) is 26.8 Å². The fraction of sp³-hybridized carbons (Fsp3) is 0.667. The Morgan fingerprint density at radius 1 is 0.846 bits per heavy atom. The summed E-state index contributed by atoms with van der Waals surface area (Å²) in [5.41, 5.74) is 5.00. The molecule has 9 heteroatoms. The number of ether oxygens (including phenoxy) is 3. The number of carboxylic acids is 1. The molecule has 3 N–H and O–H groups in total. The van der Waals surface area contributed by atoms with Gasteiger partial charge in [-0.25, -0.2) is 0 Å². The van der Waals surface area contributed by atoms with E-state index in [2.05, 4.69) is 0 Å². The molecule has 0 spiro atoms. The van der Waals surface area contributed by atoms with Crippen LogP contribution < -0.4 is 15.2 Å². The second-order valence-corrected chi connectivity index (χ2v) is 11.8. The Bertz CT molecular complexity index is 1000. The summed E-state index contributed by atoms with van der Waals surface area (Å²) in [6.07, 6.45) is -0.0873. The van der Waals surface area contributed by atoms with Gasteiger partial charge in [0.1, 0.15) is 11.6 Å². The highest BCUT2D eigenvalue weighted by atomic mass is 16.6. The van der Waals surface area contributed by atoms with Crippen molar-refractivity contribution in [3.8, 4) is 11.5 Å². The second kappa shape index (κ2) is 15.0. The highest BCUT2D eigenvalue weighted by molar-refractivity contribution is 5.80. The lowest BCUT2D eigenvalue weighted by Gasteiger charge is -2.28. The SMILES string of the molecule is CC(C)CCC(=O)O[C@@H](C)CC(N)(Cc1ccc(OC(=O)C(C)C(C)C)c(OC(=O)C(C)C(C)C)c1)C(=O)O. The van der Waals surface area contributed by atoms with Crippen LogP contribution in [-0.4, -0.2) is 40.6 Å². The molecule has 0 bridgehead atoms. The molecule has 0 aliphatic rings. The van der Waals surface area contributed by atoms with Gasteiger partial charge in [0, 0.05) is 19.3 Å². The van der Waals surface area contributed by atoms with Crippen LogP contribution in [0.1, 0.15) is 87.1 Å². The molecule has 0 aliphatic carbocycles. The molecule has 4 atom stereocenters. The van der Waals surface area contributed by atoms with Crippen LogP contribution in [-0.2, 0) is 30.3 Å². The zero-order valence-electron chi connectivity index (χ0n) is 24.9. The van der Waals surface area contributed by atoms with Crippen LogP contribution in [0.2, 0.25) is 0 Å². The molecule has 0 heterocycles. The molecule has 1 aromatic rings. The van der Waals surface area contributed by atoms with E-state index >= 15 is 0 Å². The molecule has 3 unspecified atom stereocenters. The maximum absolute atomic E-state index is 12.8. The number of carbonyl (C=O) groups is 4. The molecule has 0 saturated heterocycles. The van der Waals surface area contributed by atoms with Crippen molar-refractivity contribution in [2.24, 2.45) is 35.3 Å². The molecule has 0 aliphatic heterocycles. The van der Waals surface area contributed by atoms with Gasteiger partial charge in [-0.3, -0.25) is 19.2 Å². The number of hydrogen-bond donors (Lipinski definition) is 2. The third-order valence-electron chi connectivity index (χ3n) is 7.03. The first-order valence-electron chi connectivity index (χ1n) is 13.7. The number of carbonyl (C=O) groups excluding carboxylic acids is 3. The Hall–Kier alpha value is -2.94. The number of nitrogens with two attached hydrogens (primary N) is 1. The molecule has 1 aromatic carbocycles. The lowest BCUT2D eigenvalue weighted by atomic mass is 9.86. The van der Waals surface area contributed by atoms with Gasteiger partial charge in [-0.05, 0) is 48.8 Å². The summed E-state index contributed by atoms with van der Waals surface area (Å²) in [5.74, 6) is -3.00. The number of esters is 3. The number of rotatable bonds is 15. The minimum absolute atomic E-state index is 0.00945. The van der Waals surface area contributed by atoms with Gasteiger partial charge in [0.2, 0.25) is 0 Å². The van der Waals surface area contributed by atoms with Crippen LogP contribution >= 0.6 is 0 Å². The van der Waals surface area contributed by atoms with E-state index in [-0.39, 0.29) is 42.6 Å². The van der Waals surface area contributed by atoms with Gasteiger partial charge in [0.05, 0.1) is 11.8 Å². The molecule has 0 fully saturated rings. The molecule has 220 valence electrons. The van der Waals surface area contributed by atoms with Crippen LogP contribution in [0, 0.1) is 29.6 Å². The van der Waals surface area contributed by atoms with Crippen molar-refractivity contribution in [3.05, 3.63) is 23.8 Å². The van der Waals surface area contributed by atoms with Gasteiger partial charge >= 0.3 is 23.9 Å². The van der Waals surface area contributed by atoms with Crippen molar-refractivity contribution < 1.29 is 38.5 Å². The molecule has 0 aromatic heterocycles. The van der Waals surface area contributed by atoms with Crippen molar-refractivity contribution in [2.45, 2.75) is 99.6 Å². The highest BCUT2D eigenvalue weighted by Crippen LogP contribution is 2.33. The largest absolute Gasteiger partial charge is 0.480 e. The molecule has 0 saturated carbocycles. The zero-order chi connectivity index (χ0) is 30.1. The van der Waals surface area contributed by atoms with E-state index in [4.69, 9.17) is 19.9 Å². The fourth-order valence-corrected chi connectivity index (χ4v) is 3.62. The Morgan fingerprint density at radius 2 is 1.36 bits per heavy atom. The lowest BCUT2D eigenvalue weighted by molar-refractivity contribution is -0.153. The minimum Gasteiger partial charge on any atom is -0.480 e. The standard InChI is InChI=1S/C30H47NO8/c1-17(2)10-13-26(32)37-20(7)15-30(31,29(35)36)16-23-11-12-24(38-27(33)21(8)18(3)4)25(14-23)39-28(34)22(9)19(5)6/h11-12,14,17-22H,10,13,15-16,31H2,1-9H3,(H,35,36)/t20-,21?,22?,30?/m0/s1. The second-order valence-electron chi connectivity index (χ2n) is 11.8. The summed E-state index contributed by atoms with van der Waals surface area (Å²) in [5, 5.41) is 9.97. The van der Waals surface area contributed by atoms with Gasteiger partial charge in [-0.2, -0.15) is 0 Å². The Morgan fingerprint density at radius 3 is 1.82 bits per heavy atom. The predicted molar refractivity (Wildman–Crippen MR) is 148 cm³/mol. The van der Waals surface area contributed by atoms with Gasteiger partial charge in [0.15, 0.2) is 11.5 Å². The van der Waals surface area contributed by atoms with E-state index in [0.29, 0.717) is 17.9 Å². The zero-order valence-corrected chi connectivity index (χ0v) is 24.9. The molecule has 1 rings (SSSR count). The van der Waals surface area contributed by atoms with Crippen LogP contribution in [0.4, 0.5) is 0 Å². The van der Waals surface area contributed by atoms with E-state index in [9.17, 15) is 24.3 Å². The van der Waals surface area contributed by atoms with Gasteiger partial charge in [0.25, 0.3) is 0 Å². The van der Waals surface area contributed by atoms with Crippen molar-refractivity contribution in [3.63, 3.8) is 0 Å². The van der Waals surface area contributed by atoms with E-state index < -0.39 is 47.4 Å². The monoisotopic (exact) mass is 549 g/mol. The number of carboxylic acid groups (broad SMARTS) is 1. The van der Waals surface area contributed by atoms with Gasteiger partial charge in [-0.15, -0.1) is 0 Å². The Labute approximate surface area is 232 Å². The van der Waals surface area contributed by atoms with Gasteiger partial charge in [-0.1, -0.05) is 61.5 Å². The molecule has 0 amide bonds. The van der Waals surface area contributed by atoms with Crippen LogP contribution in [0.15, 0.2) is 18.2 Å². The summed E-state index contributed by atoms with van der Waals surface area (Å²) in [6.45, 7) is 16.7. The van der Waals surface area contributed by atoms with Gasteiger partial charge < -0.3 is 25.1 Å². The third-order valence-corrected chi connectivity index (χ3v) is 7.03. The lowest BCUT2D eigenvalue weighted by Crippen LogP contribution is -2.52. The number of hydrogen-bond acceptors (Lipinski definition) is 8. The first-order valence-corrected chi connectivity index (χ1v) is 13.7. The third kappa shape index (κ3) is 11.0. The summed E-state index contributed by atoms with van der Waals surface area (Å²) >= 11 is 0. The predicted octanol–water partition coefficient (Wildman–Crippen LogP) is 5.16. The van der Waals surface area contributed by atoms with Crippen molar-refractivity contribution in [1.82, 2.24) is 0 Å². The Balaban J connectivity index is 3.24. The fourth-order valence-electron chi connectivity index (χ4n) is 3.62. The molecule has 9 nitrogen and oxygen atoms in total. The highest BCUT2D eigenvalue weighted by Gasteiger charge is 2.37. The summed E-state index contributed by atoms with van der Waals surface area (Å²) in [7, 11) is 0. The molecule has 39 heavy (non-hydrogen) atoms. The number of aliphatic carboxylic acids is 1. The number of benzene rings is 1.